The van der Waals surface area contributed by atoms with Gasteiger partial charge in [-0.1, -0.05) is 5.16 Å². The van der Waals surface area contributed by atoms with Gasteiger partial charge in [0.25, 0.3) is 0 Å². The van der Waals surface area contributed by atoms with Crippen molar-refractivity contribution in [3.63, 3.8) is 0 Å². The minimum atomic E-state index is 0.321. The fourth-order valence-corrected chi connectivity index (χ4v) is 1.03. The van der Waals surface area contributed by atoms with Crippen molar-refractivity contribution in [2.24, 2.45) is 0 Å². The topological polar surface area (TPSA) is 75.8 Å². The second-order valence-electron chi connectivity index (χ2n) is 2.39. The van der Waals surface area contributed by atoms with Crippen LogP contribution in [0, 0.1) is 11.3 Å². The van der Waals surface area contributed by atoms with Gasteiger partial charge in [0.2, 0.25) is 0 Å². The fourth-order valence-electron chi connectivity index (χ4n) is 1.03. The number of fused-ring (bicyclic) bond motifs is 1. The van der Waals surface area contributed by atoms with E-state index in [2.05, 4.69) is 5.16 Å². The van der Waals surface area contributed by atoms with E-state index in [1.54, 1.807) is 18.2 Å². The molecule has 0 aliphatic heterocycles. The van der Waals surface area contributed by atoms with Crippen molar-refractivity contribution in [2.45, 2.75) is 0 Å². The van der Waals surface area contributed by atoms with Crippen LogP contribution >= 0.6 is 0 Å². The first-order valence-corrected chi connectivity index (χ1v) is 3.36. The highest BCUT2D eigenvalue weighted by atomic mass is 16.5. The Morgan fingerprint density at radius 1 is 1.50 bits per heavy atom. The smallest absolute Gasteiger partial charge is 0.174 e. The number of benzene rings is 1. The molecule has 2 N–H and O–H groups in total. The van der Waals surface area contributed by atoms with Crippen LogP contribution in [0.5, 0.6) is 0 Å². The molecular formula is C8H5N3O. The van der Waals surface area contributed by atoms with Crippen LogP contribution in [0.4, 0.5) is 5.82 Å². The molecule has 1 heterocycles. The lowest BCUT2D eigenvalue weighted by Gasteiger charge is -1.87. The highest BCUT2D eigenvalue weighted by Gasteiger charge is 2.04. The van der Waals surface area contributed by atoms with Gasteiger partial charge in [-0.05, 0) is 18.2 Å². The van der Waals surface area contributed by atoms with Crippen LogP contribution in [-0.2, 0) is 0 Å². The summed E-state index contributed by atoms with van der Waals surface area (Å²) in [5.74, 6) is 0.321. The first kappa shape index (κ1) is 6.68. The zero-order valence-electron chi connectivity index (χ0n) is 6.11. The summed E-state index contributed by atoms with van der Waals surface area (Å²) in [6, 6.07) is 7.00. The molecule has 0 saturated carbocycles. The number of nitrogens with two attached hydrogens (primary N) is 1. The van der Waals surface area contributed by atoms with Gasteiger partial charge in [-0.2, -0.15) is 5.26 Å². The van der Waals surface area contributed by atoms with Gasteiger partial charge in [0.15, 0.2) is 11.4 Å². The van der Waals surface area contributed by atoms with E-state index in [1.165, 1.54) is 0 Å². The summed E-state index contributed by atoms with van der Waals surface area (Å²) in [7, 11) is 0. The van der Waals surface area contributed by atoms with E-state index >= 15 is 0 Å². The molecule has 0 spiro atoms. The van der Waals surface area contributed by atoms with E-state index in [1.807, 2.05) is 6.07 Å². The molecule has 1 aromatic heterocycles. The number of nitrogens with zero attached hydrogens (tertiary/aromatic N) is 2. The fraction of sp³-hybridized carbons (Fsp3) is 0. The first-order chi connectivity index (χ1) is 5.81. The number of aromatic nitrogens is 1. The van der Waals surface area contributed by atoms with Crippen molar-refractivity contribution in [1.82, 2.24) is 5.16 Å². The predicted octanol–water partition coefficient (Wildman–Crippen LogP) is 1.28. The Labute approximate surface area is 68.2 Å². The van der Waals surface area contributed by atoms with Crippen LogP contribution in [0.1, 0.15) is 5.56 Å². The van der Waals surface area contributed by atoms with Gasteiger partial charge in [-0.25, -0.2) is 0 Å². The summed E-state index contributed by atoms with van der Waals surface area (Å²) >= 11 is 0. The van der Waals surface area contributed by atoms with Gasteiger partial charge in [0, 0.05) is 0 Å². The molecule has 4 heteroatoms. The van der Waals surface area contributed by atoms with Crippen LogP contribution in [-0.4, -0.2) is 5.16 Å². The summed E-state index contributed by atoms with van der Waals surface area (Å²) in [5.41, 5.74) is 6.64. The van der Waals surface area contributed by atoms with Gasteiger partial charge in [0.05, 0.1) is 17.0 Å². The minimum absolute atomic E-state index is 0.321. The van der Waals surface area contributed by atoms with Crippen molar-refractivity contribution < 1.29 is 4.52 Å². The molecule has 0 bridgehead atoms. The third kappa shape index (κ3) is 0.805. The third-order valence-corrected chi connectivity index (χ3v) is 1.63. The van der Waals surface area contributed by atoms with Gasteiger partial charge >= 0.3 is 0 Å². The van der Waals surface area contributed by atoms with E-state index in [0.717, 1.165) is 0 Å². The van der Waals surface area contributed by atoms with Crippen LogP contribution in [0.3, 0.4) is 0 Å². The lowest BCUT2D eigenvalue weighted by Crippen LogP contribution is -1.83. The highest BCUT2D eigenvalue weighted by molar-refractivity contribution is 5.87. The molecule has 1 aromatic carbocycles. The number of nitrogen functional groups attached to an aromatic ring is 1. The Bertz CT molecular complexity index is 467. The van der Waals surface area contributed by atoms with Crippen molar-refractivity contribution in [3.8, 4) is 6.07 Å². The summed E-state index contributed by atoms with van der Waals surface area (Å²) in [4.78, 5) is 0. The molecule has 0 atom stereocenters. The Kier molecular flexibility index (Phi) is 1.25. The zero-order valence-corrected chi connectivity index (χ0v) is 6.11. The van der Waals surface area contributed by atoms with E-state index in [0.29, 0.717) is 22.4 Å². The second-order valence-corrected chi connectivity index (χ2v) is 2.39. The summed E-state index contributed by atoms with van der Waals surface area (Å²) < 4.78 is 4.86. The van der Waals surface area contributed by atoms with E-state index < -0.39 is 0 Å². The van der Waals surface area contributed by atoms with Crippen LogP contribution in [0.25, 0.3) is 11.0 Å². The molecular weight excluding hydrogens is 154 g/mol. The standard InChI is InChI=1S/C8H5N3O/c9-4-5-1-2-7-6(3-5)8(10)11-12-7/h1-3H,(H2,10,11). The van der Waals surface area contributed by atoms with Gasteiger partial charge in [-0.3, -0.25) is 0 Å². The first-order valence-electron chi connectivity index (χ1n) is 3.36. The maximum atomic E-state index is 8.58. The molecule has 0 saturated heterocycles. The molecule has 12 heavy (non-hydrogen) atoms. The summed E-state index contributed by atoms with van der Waals surface area (Å²) in [6.07, 6.45) is 0. The van der Waals surface area contributed by atoms with Crippen molar-refractivity contribution >= 4 is 16.8 Å². The Morgan fingerprint density at radius 3 is 3.08 bits per heavy atom. The van der Waals surface area contributed by atoms with Gasteiger partial charge < -0.3 is 10.3 Å². The highest BCUT2D eigenvalue weighted by Crippen LogP contribution is 2.20. The maximum Gasteiger partial charge on any atom is 0.174 e. The summed E-state index contributed by atoms with van der Waals surface area (Å²) in [5, 5.41) is 12.8. The average molecular weight is 159 g/mol. The van der Waals surface area contributed by atoms with Crippen LogP contribution in [0.2, 0.25) is 0 Å². The SMILES string of the molecule is N#Cc1ccc2onc(N)c2c1. The number of nitriles is 1. The Balaban J connectivity index is 2.82. The molecule has 2 aromatic rings. The number of rotatable bonds is 0. The van der Waals surface area contributed by atoms with Crippen molar-refractivity contribution in [3.05, 3.63) is 23.8 Å². The van der Waals surface area contributed by atoms with E-state index in [9.17, 15) is 0 Å². The quantitative estimate of drug-likeness (QED) is 0.628. The number of anilines is 1. The summed E-state index contributed by atoms with van der Waals surface area (Å²) in [6.45, 7) is 0. The third-order valence-electron chi connectivity index (χ3n) is 1.63. The molecule has 2 rings (SSSR count). The van der Waals surface area contributed by atoms with Crippen molar-refractivity contribution in [1.29, 1.82) is 5.26 Å². The molecule has 0 aliphatic carbocycles. The molecule has 0 unspecified atom stereocenters. The number of hydrogen-bond donors (Lipinski definition) is 1. The predicted molar refractivity (Wildman–Crippen MR) is 43.1 cm³/mol. The minimum Gasteiger partial charge on any atom is -0.380 e. The number of hydrogen-bond acceptors (Lipinski definition) is 4. The lowest BCUT2D eigenvalue weighted by atomic mass is 10.2. The van der Waals surface area contributed by atoms with Gasteiger partial charge in [0.1, 0.15) is 0 Å². The average Bonchev–Trinajstić information content (AvgIpc) is 2.47. The molecule has 0 radical (unpaired) electrons. The van der Waals surface area contributed by atoms with Gasteiger partial charge in [-0.15, -0.1) is 0 Å². The second kappa shape index (κ2) is 2.24. The largest absolute Gasteiger partial charge is 0.380 e. The van der Waals surface area contributed by atoms with Crippen LogP contribution < -0.4 is 5.73 Å². The Hall–Kier alpha value is -2.02. The van der Waals surface area contributed by atoms with Crippen LogP contribution in [0.15, 0.2) is 22.7 Å². The Morgan fingerprint density at radius 2 is 2.33 bits per heavy atom. The molecule has 0 amide bonds. The molecule has 4 nitrogen and oxygen atoms in total. The van der Waals surface area contributed by atoms with E-state index in [4.69, 9.17) is 15.5 Å². The molecule has 0 fully saturated rings. The van der Waals surface area contributed by atoms with Crippen molar-refractivity contribution in [2.75, 3.05) is 5.73 Å². The zero-order chi connectivity index (χ0) is 8.55. The lowest BCUT2D eigenvalue weighted by molar-refractivity contribution is 0.460. The van der Waals surface area contributed by atoms with E-state index in [-0.39, 0.29) is 0 Å². The molecule has 58 valence electrons. The normalized spacial score (nSPS) is 9.92. The maximum absolute atomic E-state index is 8.58. The monoisotopic (exact) mass is 159 g/mol. The molecule has 0 aliphatic rings.